The first-order chi connectivity index (χ1) is 15.3. The van der Waals surface area contributed by atoms with Gasteiger partial charge in [0.2, 0.25) is 15.9 Å². The van der Waals surface area contributed by atoms with Crippen LogP contribution in [-0.2, 0) is 21.4 Å². The lowest BCUT2D eigenvalue weighted by molar-refractivity contribution is 0.0467. The first-order valence-electron chi connectivity index (χ1n) is 10.6. The summed E-state index contributed by atoms with van der Waals surface area (Å²) < 4.78 is 38.2. The van der Waals surface area contributed by atoms with Crippen LogP contribution in [0.25, 0.3) is 11.5 Å². The van der Waals surface area contributed by atoms with Gasteiger partial charge in [0.1, 0.15) is 18.1 Å². The van der Waals surface area contributed by atoms with Crippen molar-refractivity contribution in [2.75, 3.05) is 13.1 Å². The first-order valence-corrected chi connectivity index (χ1v) is 12.1. The number of benzene rings is 2. The number of rotatable bonds is 6. The summed E-state index contributed by atoms with van der Waals surface area (Å²) >= 11 is 0. The van der Waals surface area contributed by atoms with Gasteiger partial charge in [-0.25, -0.2) is 18.2 Å². The molecule has 0 atom stereocenters. The van der Waals surface area contributed by atoms with Crippen LogP contribution in [0.2, 0.25) is 0 Å². The highest BCUT2D eigenvalue weighted by molar-refractivity contribution is 7.89. The van der Waals surface area contributed by atoms with Gasteiger partial charge in [0.05, 0.1) is 10.5 Å². The third kappa shape index (κ3) is 4.76. The van der Waals surface area contributed by atoms with Crippen molar-refractivity contribution in [2.24, 2.45) is 5.92 Å². The largest absolute Gasteiger partial charge is 0.455 e. The van der Waals surface area contributed by atoms with Crippen LogP contribution in [0.5, 0.6) is 0 Å². The number of carbonyl (C=O) groups excluding carboxylic acids is 1. The molecule has 0 saturated carbocycles. The van der Waals surface area contributed by atoms with Crippen molar-refractivity contribution in [3.8, 4) is 11.5 Å². The van der Waals surface area contributed by atoms with Gasteiger partial charge in [-0.3, -0.25) is 0 Å². The van der Waals surface area contributed by atoms with E-state index < -0.39 is 16.0 Å². The van der Waals surface area contributed by atoms with E-state index in [0.717, 1.165) is 18.4 Å². The molecule has 0 unspecified atom stereocenters. The molecule has 0 aliphatic carbocycles. The Kier molecular flexibility index (Phi) is 6.43. The molecule has 0 N–H and O–H groups in total. The van der Waals surface area contributed by atoms with Gasteiger partial charge in [-0.2, -0.15) is 4.31 Å². The minimum Gasteiger partial charge on any atom is -0.455 e. The Bertz CT molecular complexity index is 1180. The van der Waals surface area contributed by atoms with Crippen molar-refractivity contribution in [2.45, 2.75) is 38.2 Å². The van der Waals surface area contributed by atoms with Crippen molar-refractivity contribution >= 4 is 16.0 Å². The van der Waals surface area contributed by atoms with Gasteiger partial charge in [0.25, 0.3) is 0 Å². The number of hydrogen-bond acceptors (Lipinski definition) is 6. The zero-order valence-electron chi connectivity index (χ0n) is 18.2. The number of aryl methyl sites for hydroxylation is 1. The van der Waals surface area contributed by atoms with Crippen LogP contribution in [0.15, 0.2) is 63.9 Å². The summed E-state index contributed by atoms with van der Waals surface area (Å²) in [6.07, 6.45) is 1.72. The molecule has 1 aliphatic heterocycles. The molecule has 1 aliphatic rings. The van der Waals surface area contributed by atoms with Gasteiger partial charge >= 0.3 is 5.97 Å². The van der Waals surface area contributed by atoms with E-state index in [1.807, 2.05) is 30.3 Å². The molecule has 0 bridgehead atoms. The maximum atomic E-state index is 12.8. The lowest BCUT2D eigenvalue weighted by atomic mass is 10.0. The van der Waals surface area contributed by atoms with E-state index in [1.54, 1.807) is 6.92 Å². The zero-order valence-corrected chi connectivity index (χ0v) is 19.0. The van der Waals surface area contributed by atoms with Gasteiger partial charge in [0.15, 0.2) is 0 Å². The van der Waals surface area contributed by atoms with Crippen molar-refractivity contribution in [1.82, 2.24) is 9.29 Å². The average molecular weight is 455 g/mol. The second-order valence-electron chi connectivity index (χ2n) is 8.08. The fourth-order valence-electron chi connectivity index (χ4n) is 3.62. The second-order valence-corrected chi connectivity index (χ2v) is 10.0. The Morgan fingerprint density at radius 2 is 1.75 bits per heavy atom. The van der Waals surface area contributed by atoms with Gasteiger partial charge in [-0.1, -0.05) is 25.1 Å². The van der Waals surface area contributed by atoms with E-state index in [9.17, 15) is 13.2 Å². The van der Waals surface area contributed by atoms with Crippen molar-refractivity contribution in [3.05, 3.63) is 71.6 Å². The van der Waals surface area contributed by atoms with Crippen LogP contribution in [0.1, 0.15) is 41.6 Å². The van der Waals surface area contributed by atoms with Gasteiger partial charge in [0, 0.05) is 18.7 Å². The Labute approximate surface area is 188 Å². The molecule has 7 nitrogen and oxygen atoms in total. The molecule has 3 aromatic rings. The van der Waals surface area contributed by atoms with E-state index in [0.29, 0.717) is 36.4 Å². The van der Waals surface area contributed by atoms with Crippen LogP contribution in [0.3, 0.4) is 0 Å². The quantitative estimate of drug-likeness (QED) is 0.512. The smallest absolute Gasteiger partial charge is 0.338 e. The first kappa shape index (κ1) is 22.2. The summed E-state index contributed by atoms with van der Waals surface area (Å²) in [5.74, 6) is 1.03. The fraction of sp³-hybridized carbons (Fsp3) is 0.333. The molecule has 4 rings (SSSR count). The second kappa shape index (κ2) is 9.26. The molecule has 1 aromatic heterocycles. The van der Waals surface area contributed by atoms with Crippen molar-refractivity contribution in [1.29, 1.82) is 0 Å². The minimum absolute atomic E-state index is 0.0347. The molecular formula is C24H26N2O5S. The molecule has 8 heteroatoms. The number of aromatic nitrogens is 1. The fourth-order valence-corrected chi connectivity index (χ4v) is 5.09. The monoisotopic (exact) mass is 454 g/mol. The normalized spacial score (nSPS) is 15.6. The summed E-state index contributed by atoms with van der Waals surface area (Å²) in [5.41, 5.74) is 1.66. The number of ether oxygens (including phenoxy) is 1. The maximum absolute atomic E-state index is 12.8. The predicted molar refractivity (Wildman–Crippen MR) is 119 cm³/mol. The van der Waals surface area contributed by atoms with Gasteiger partial charge < -0.3 is 9.15 Å². The maximum Gasteiger partial charge on any atom is 0.338 e. The van der Waals surface area contributed by atoms with E-state index in [4.69, 9.17) is 9.15 Å². The lowest BCUT2D eigenvalue weighted by Gasteiger charge is -2.29. The van der Waals surface area contributed by atoms with Crippen LogP contribution in [-0.4, -0.2) is 36.8 Å². The minimum atomic E-state index is -3.55. The molecule has 2 heterocycles. The molecule has 0 spiro atoms. The number of carbonyl (C=O) groups is 1. The molecule has 0 amide bonds. The van der Waals surface area contributed by atoms with Crippen LogP contribution < -0.4 is 0 Å². The van der Waals surface area contributed by atoms with E-state index >= 15 is 0 Å². The summed E-state index contributed by atoms with van der Waals surface area (Å²) in [7, 11) is -3.55. The van der Waals surface area contributed by atoms with E-state index in [1.165, 1.54) is 28.6 Å². The third-order valence-corrected chi connectivity index (χ3v) is 7.64. The van der Waals surface area contributed by atoms with Crippen LogP contribution in [0, 0.1) is 12.8 Å². The number of sulfonamides is 1. The van der Waals surface area contributed by atoms with Crippen LogP contribution in [0.4, 0.5) is 0 Å². The highest BCUT2D eigenvalue weighted by atomic mass is 32.2. The third-order valence-electron chi connectivity index (χ3n) is 5.72. The topological polar surface area (TPSA) is 89.7 Å². The summed E-state index contributed by atoms with van der Waals surface area (Å²) in [5, 5.41) is 0. The Morgan fingerprint density at radius 3 is 2.41 bits per heavy atom. The Morgan fingerprint density at radius 1 is 1.09 bits per heavy atom. The van der Waals surface area contributed by atoms with E-state index in [2.05, 4.69) is 11.9 Å². The van der Waals surface area contributed by atoms with Crippen molar-refractivity contribution < 1.29 is 22.4 Å². The summed E-state index contributed by atoms with van der Waals surface area (Å²) in [4.78, 5) is 17.1. The molecule has 0 radical (unpaired) electrons. The molecule has 1 fully saturated rings. The molecule has 2 aromatic carbocycles. The highest BCUT2D eigenvalue weighted by Crippen LogP contribution is 2.24. The molecule has 32 heavy (non-hydrogen) atoms. The van der Waals surface area contributed by atoms with Crippen molar-refractivity contribution in [3.63, 3.8) is 0 Å². The lowest BCUT2D eigenvalue weighted by Crippen LogP contribution is -2.37. The van der Waals surface area contributed by atoms with Gasteiger partial charge in [-0.05, 0) is 62.1 Å². The summed E-state index contributed by atoms with van der Waals surface area (Å²) in [6.45, 7) is 4.91. The molecule has 1 saturated heterocycles. The SMILES string of the molecule is Cc1oc(-c2ccccc2)nc1COC(=O)c1ccc(S(=O)(=O)N2CCC(C)CC2)cc1. The predicted octanol–water partition coefficient (Wildman–Crippen LogP) is 4.43. The van der Waals surface area contributed by atoms with Gasteiger partial charge in [-0.15, -0.1) is 0 Å². The van der Waals surface area contributed by atoms with Crippen LogP contribution >= 0.6 is 0 Å². The Hall–Kier alpha value is -2.97. The number of hydrogen-bond donors (Lipinski definition) is 0. The Balaban J connectivity index is 1.40. The molecule has 168 valence electrons. The number of nitrogens with zero attached hydrogens (tertiary/aromatic N) is 2. The number of esters is 1. The number of piperidine rings is 1. The summed E-state index contributed by atoms with van der Waals surface area (Å²) in [6, 6.07) is 15.3. The van der Waals surface area contributed by atoms with E-state index in [-0.39, 0.29) is 17.1 Å². The highest BCUT2D eigenvalue weighted by Gasteiger charge is 2.28. The molecular weight excluding hydrogens is 428 g/mol. The standard InChI is InChI=1S/C24H26N2O5S/c1-17-12-14-26(15-13-17)32(28,29)21-10-8-20(9-11-21)24(27)30-16-22-18(2)31-23(25-22)19-6-4-3-5-7-19/h3-11,17H,12-16H2,1-2H3. The zero-order chi connectivity index (χ0) is 22.7. The average Bonchev–Trinajstić information content (AvgIpc) is 3.19. The number of oxazole rings is 1.